The van der Waals surface area contributed by atoms with E-state index in [-0.39, 0.29) is 10.6 Å². The van der Waals surface area contributed by atoms with Gasteiger partial charge in [0.15, 0.2) is 0 Å². The Kier molecular flexibility index (Phi) is 3.12. The molecule has 0 bridgehead atoms. The Balaban J connectivity index is 2.02. The van der Waals surface area contributed by atoms with Crippen LogP contribution in [0.4, 0.5) is 11.4 Å². The maximum absolute atomic E-state index is 11.2. The van der Waals surface area contributed by atoms with Crippen LogP contribution in [0.15, 0.2) is 29.6 Å². The number of nitro benzene ring substituents is 1. The van der Waals surface area contributed by atoms with Crippen LogP contribution in [0, 0.1) is 21.4 Å². The average molecular weight is 285 g/mol. The lowest BCUT2D eigenvalue weighted by atomic mass is 10.1. The zero-order chi connectivity index (χ0) is 14.1. The molecule has 1 aliphatic heterocycles. The first-order chi connectivity index (χ1) is 9.69. The molecule has 3 rings (SSSR count). The Hall–Kier alpha value is -2.39. The first kappa shape index (κ1) is 12.6. The Morgan fingerprint density at radius 3 is 3.00 bits per heavy atom. The first-order valence-electron chi connectivity index (χ1n) is 6.18. The van der Waals surface area contributed by atoms with Gasteiger partial charge in [0.2, 0.25) is 0 Å². The van der Waals surface area contributed by atoms with Crippen LogP contribution in [0.2, 0.25) is 0 Å². The molecule has 0 amide bonds. The third-order valence-electron chi connectivity index (χ3n) is 3.45. The number of thiophene rings is 1. The number of hydrogen-bond donors (Lipinski definition) is 0. The fourth-order valence-corrected chi connectivity index (χ4v) is 3.34. The molecule has 0 aliphatic carbocycles. The van der Waals surface area contributed by atoms with Gasteiger partial charge >= 0.3 is 0 Å². The van der Waals surface area contributed by atoms with Gasteiger partial charge in [0.05, 0.1) is 16.6 Å². The summed E-state index contributed by atoms with van der Waals surface area (Å²) in [6, 6.07) is 8.61. The van der Waals surface area contributed by atoms with Crippen LogP contribution in [0.5, 0.6) is 0 Å². The fourth-order valence-electron chi connectivity index (χ4n) is 2.45. The summed E-state index contributed by atoms with van der Waals surface area (Å²) in [5.41, 5.74) is 2.26. The van der Waals surface area contributed by atoms with Crippen LogP contribution in [0.25, 0.3) is 0 Å². The van der Waals surface area contributed by atoms with E-state index < -0.39 is 0 Å². The molecule has 2 heterocycles. The number of nitro groups is 1. The minimum atomic E-state index is -0.389. The minimum absolute atomic E-state index is 0.0580. The minimum Gasteiger partial charge on any atom is -0.361 e. The van der Waals surface area contributed by atoms with Gasteiger partial charge in [-0.05, 0) is 35.6 Å². The quantitative estimate of drug-likeness (QED) is 0.628. The molecule has 100 valence electrons. The molecule has 20 heavy (non-hydrogen) atoms. The number of anilines is 1. The lowest BCUT2D eigenvalue weighted by Crippen LogP contribution is -2.30. The normalized spacial score (nSPS) is 13.7. The number of fused-ring (bicyclic) bond motifs is 1. The van der Waals surface area contributed by atoms with Crippen molar-refractivity contribution in [2.45, 2.75) is 13.0 Å². The van der Waals surface area contributed by atoms with Gasteiger partial charge in [-0.15, -0.1) is 11.3 Å². The Morgan fingerprint density at radius 2 is 2.25 bits per heavy atom. The molecule has 6 heteroatoms. The largest absolute Gasteiger partial charge is 0.361 e. The van der Waals surface area contributed by atoms with E-state index in [1.54, 1.807) is 17.4 Å². The standard InChI is InChI=1S/C14H11N3O2S/c15-8-10-1-2-12(17(18)19)13(7-10)16-5-3-14-11(9-16)4-6-20-14/h1-2,4,6-7H,3,5,9H2. The molecule has 0 saturated heterocycles. The van der Waals surface area contributed by atoms with Gasteiger partial charge in [-0.1, -0.05) is 0 Å². The Bertz CT molecular complexity index is 717. The monoisotopic (exact) mass is 285 g/mol. The predicted octanol–water partition coefficient (Wildman–Crippen LogP) is 3.09. The van der Waals surface area contributed by atoms with Gasteiger partial charge in [0, 0.05) is 24.0 Å². The summed E-state index contributed by atoms with van der Waals surface area (Å²) in [4.78, 5) is 14.1. The maximum atomic E-state index is 11.2. The molecule has 0 spiro atoms. The van der Waals surface area contributed by atoms with E-state index in [0.29, 0.717) is 17.8 Å². The summed E-state index contributed by atoms with van der Waals surface area (Å²) >= 11 is 1.73. The third kappa shape index (κ3) is 2.12. The second-order valence-electron chi connectivity index (χ2n) is 4.61. The molecule has 1 aliphatic rings. The Labute approximate surface area is 119 Å². The molecule has 2 aromatic rings. The lowest BCUT2D eigenvalue weighted by Gasteiger charge is -2.28. The van der Waals surface area contributed by atoms with Gasteiger partial charge in [-0.3, -0.25) is 10.1 Å². The van der Waals surface area contributed by atoms with E-state index in [9.17, 15) is 10.1 Å². The highest BCUT2D eigenvalue weighted by Gasteiger charge is 2.24. The predicted molar refractivity (Wildman–Crippen MR) is 76.9 cm³/mol. The highest BCUT2D eigenvalue weighted by Crippen LogP contribution is 2.34. The number of nitriles is 1. The van der Waals surface area contributed by atoms with E-state index >= 15 is 0 Å². The van der Waals surface area contributed by atoms with E-state index in [1.165, 1.54) is 22.6 Å². The molecule has 0 radical (unpaired) electrons. The molecule has 1 aromatic heterocycles. The van der Waals surface area contributed by atoms with Crippen molar-refractivity contribution < 1.29 is 4.92 Å². The summed E-state index contributed by atoms with van der Waals surface area (Å²) in [6.45, 7) is 1.40. The fraction of sp³-hybridized carbons (Fsp3) is 0.214. The summed E-state index contributed by atoms with van der Waals surface area (Å²) in [5.74, 6) is 0. The van der Waals surface area contributed by atoms with Crippen molar-refractivity contribution in [1.82, 2.24) is 0 Å². The van der Waals surface area contributed by atoms with Crippen molar-refractivity contribution in [3.63, 3.8) is 0 Å². The number of benzene rings is 1. The zero-order valence-electron chi connectivity index (χ0n) is 10.6. The van der Waals surface area contributed by atoms with Gasteiger partial charge in [0.25, 0.3) is 5.69 Å². The van der Waals surface area contributed by atoms with Gasteiger partial charge in [-0.2, -0.15) is 5.26 Å². The second-order valence-corrected chi connectivity index (χ2v) is 5.61. The van der Waals surface area contributed by atoms with E-state index in [4.69, 9.17) is 5.26 Å². The third-order valence-corrected chi connectivity index (χ3v) is 4.47. The number of nitrogens with zero attached hydrogens (tertiary/aromatic N) is 3. The van der Waals surface area contributed by atoms with Crippen molar-refractivity contribution in [1.29, 1.82) is 5.26 Å². The molecule has 0 unspecified atom stereocenters. The van der Waals surface area contributed by atoms with Crippen LogP contribution >= 0.6 is 11.3 Å². The van der Waals surface area contributed by atoms with Crippen LogP contribution in [0.3, 0.4) is 0 Å². The SMILES string of the molecule is N#Cc1ccc([N+](=O)[O-])c(N2CCc3sccc3C2)c1. The molecule has 0 N–H and O–H groups in total. The Morgan fingerprint density at radius 1 is 1.40 bits per heavy atom. The van der Waals surface area contributed by atoms with E-state index in [1.807, 2.05) is 16.3 Å². The smallest absolute Gasteiger partial charge is 0.292 e. The van der Waals surface area contributed by atoms with Crippen LogP contribution in [-0.2, 0) is 13.0 Å². The van der Waals surface area contributed by atoms with E-state index in [2.05, 4.69) is 6.07 Å². The topological polar surface area (TPSA) is 70.2 Å². The lowest BCUT2D eigenvalue weighted by molar-refractivity contribution is -0.384. The van der Waals surface area contributed by atoms with E-state index in [0.717, 1.165) is 13.0 Å². The van der Waals surface area contributed by atoms with Gasteiger partial charge in [0.1, 0.15) is 5.69 Å². The van der Waals surface area contributed by atoms with Gasteiger partial charge in [-0.25, -0.2) is 0 Å². The van der Waals surface area contributed by atoms with Crippen LogP contribution in [-0.4, -0.2) is 11.5 Å². The van der Waals surface area contributed by atoms with Crippen LogP contribution in [0.1, 0.15) is 16.0 Å². The molecular weight excluding hydrogens is 274 g/mol. The number of hydrogen-bond acceptors (Lipinski definition) is 5. The average Bonchev–Trinajstić information content (AvgIpc) is 2.93. The van der Waals surface area contributed by atoms with Crippen molar-refractivity contribution in [3.8, 4) is 6.07 Å². The molecule has 0 saturated carbocycles. The summed E-state index contributed by atoms with van der Waals surface area (Å²) < 4.78 is 0. The molecule has 0 fully saturated rings. The maximum Gasteiger partial charge on any atom is 0.292 e. The number of rotatable bonds is 2. The molecular formula is C14H11N3O2S. The summed E-state index contributed by atoms with van der Waals surface area (Å²) in [7, 11) is 0. The first-order valence-corrected chi connectivity index (χ1v) is 7.06. The molecule has 1 aromatic carbocycles. The van der Waals surface area contributed by atoms with Crippen molar-refractivity contribution in [2.24, 2.45) is 0 Å². The van der Waals surface area contributed by atoms with Crippen molar-refractivity contribution in [2.75, 3.05) is 11.4 Å². The molecule has 0 atom stereocenters. The summed E-state index contributed by atoms with van der Waals surface area (Å²) in [5, 5.41) is 22.2. The summed E-state index contributed by atoms with van der Waals surface area (Å²) in [6.07, 6.45) is 0.890. The van der Waals surface area contributed by atoms with Crippen molar-refractivity contribution in [3.05, 3.63) is 55.8 Å². The van der Waals surface area contributed by atoms with Crippen molar-refractivity contribution >= 4 is 22.7 Å². The van der Waals surface area contributed by atoms with Crippen LogP contribution < -0.4 is 4.90 Å². The zero-order valence-corrected chi connectivity index (χ0v) is 11.4. The highest BCUT2D eigenvalue weighted by atomic mass is 32.1. The van der Waals surface area contributed by atoms with Gasteiger partial charge < -0.3 is 4.90 Å². The second kappa shape index (κ2) is 4.94. The highest BCUT2D eigenvalue weighted by molar-refractivity contribution is 7.10. The molecule has 5 nitrogen and oxygen atoms in total.